The van der Waals surface area contributed by atoms with Crippen LogP contribution in [0.5, 0.6) is 0 Å². The Hall–Kier alpha value is -2.34. The highest BCUT2D eigenvalue weighted by atomic mass is 16.6. The van der Waals surface area contributed by atoms with E-state index in [1.165, 1.54) is 17.2 Å². The van der Waals surface area contributed by atoms with E-state index in [1.54, 1.807) is 6.92 Å². The number of aliphatic hydroxyl groups is 3. The molecule has 2 aromatic heterocycles. The number of carbonyl (C=O) groups is 1. The molecule has 11 nitrogen and oxygen atoms in total. The highest BCUT2D eigenvalue weighted by molar-refractivity contribution is 5.81. The van der Waals surface area contributed by atoms with E-state index in [9.17, 15) is 20.1 Å². The molecule has 0 amide bonds. The van der Waals surface area contributed by atoms with E-state index in [2.05, 4.69) is 15.0 Å². The fourth-order valence-electron chi connectivity index (χ4n) is 3.73. The number of nitrogens with two attached hydrogens (primary N) is 1. The smallest absolute Gasteiger partial charge is 0.305 e. The van der Waals surface area contributed by atoms with Crippen LogP contribution in [0.3, 0.4) is 0 Å². The van der Waals surface area contributed by atoms with Crippen LogP contribution in [-0.4, -0.2) is 72.3 Å². The van der Waals surface area contributed by atoms with Crippen LogP contribution < -0.4 is 5.73 Å². The molecule has 5 N–H and O–H groups in total. The van der Waals surface area contributed by atoms with Gasteiger partial charge in [-0.25, -0.2) is 15.0 Å². The predicted molar refractivity (Wildman–Crippen MR) is 101 cm³/mol. The number of nitrogen functional groups attached to an aromatic ring is 1. The van der Waals surface area contributed by atoms with E-state index in [-0.39, 0.29) is 11.8 Å². The van der Waals surface area contributed by atoms with E-state index in [1.807, 2.05) is 0 Å². The zero-order valence-corrected chi connectivity index (χ0v) is 16.3. The van der Waals surface area contributed by atoms with Crippen LogP contribution >= 0.6 is 0 Å². The maximum Gasteiger partial charge on any atom is 0.305 e. The Morgan fingerprint density at radius 1 is 1.31 bits per heavy atom. The number of rotatable bonds is 9. The van der Waals surface area contributed by atoms with Crippen LogP contribution in [0.2, 0.25) is 0 Å². The molecule has 0 aliphatic carbocycles. The van der Waals surface area contributed by atoms with Gasteiger partial charge in [0.15, 0.2) is 17.2 Å². The topological polar surface area (TPSA) is 166 Å². The van der Waals surface area contributed by atoms with Crippen LogP contribution in [0.15, 0.2) is 12.7 Å². The summed E-state index contributed by atoms with van der Waals surface area (Å²) in [6.07, 6.45) is 1.66. The summed E-state index contributed by atoms with van der Waals surface area (Å²) < 4.78 is 12.4. The molecule has 1 saturated heterocycles. The van der Waals surface area contributed by atoms with Gasteiger partial charge in [0.05, 0.1) is 19.5 Å². The molecule has 4 atom stereocenters. The van der Waals surface area contributed by atoms with Gasteiger partial charge in [-0.05, 0) is 26.2 Å². The number of anilines is 1. The van der Waals surface area contributed by atoms with E-state index >= 15 is 0 Å². The molecular weight excluding hydrogens is 382 g/mol. The van der Waals surface area contributed by atoms with Crippen LogP contribution in [0, 0.1) is 0 Å². The first-order chi connectivity index (χ1) is 13.9. The number of aliphatic hydroxyl groups excluding tert-OH is 3. The summed E-state index contributed by atoms with van der Waals surface area (Å²) in [6.45, 7) is 1.66. The molecular formula is C18H27N5O6. The average Bonchev–Trinajstić information content (AvgIpc) is 3.24. The van der Waals surface area contributed by atoms with Gasteiger partial charge in [-0.1, -0.05) is 6.42 Å². The van der Waals surface area contributed by atoms with Crippen LogP contribution in [0.4, 0.5) is 5.82 Å². The minimum atomic E-state index is -1.38. The highest BCUT2D eigenvalue weighted by Gasteiger charge is 2.55. The second-order valence-corrected chi connectivity index (χ2v) is 7.03. The van der Waals surface area contributed by atoms with Gasteiger partial charge in [0.25, 0.3) is 0 Å². The first kappa shape index (κ1) is 21.4. The van der Waals surface area contributed by atoms with Crippen molar-refractivity contribution in [2.75, 3.05) is 18.9 Å². The fourth-order valence-corrected chi connectivity index (χ4v) is 3.73. The maximum atomic E-state index is 11.5. The predicted octanol–water partition coefficient (Wildman–Crippen LogP) is -0.312. The minimum absolute atomic E-state index is 0.185. The minimum Gasteiger partial charge on any atom is -0.466 e. The Balaban J connectivity index is 1.82. The molecule has 0 spiro atoms. The van der Waals surface area contributed by atoms with Crippen molar-refractivity contribution >= 4 is 23.0 Å². The average molecular weight is 409 g/mol. The lowest BCUT2D eigenvalue weighted by Crippen LogP contribution is -2.45. The van der Waals surface area contributed by atoms with Gasteiger partial charge in [-0.2, -0.15) is 0 Å². The Labute approximate surface area is 167 Å². The SMILES string of the molecule is CCOC(=O)CCCCC[C@@]1(n2cnc3c(N)ncnc32)O[C@H](CO)[C@@H](O)[C@H]1O. The third-order valence-corrected chi connectivity index (χ3v) is 5.19. The molecule has 0 saturated carbocycles. The van der Waals surface area contributed by atoms with Gasteiger partial charge in [0.1, 0.15) is 30.2 Å². The molecule has 1 aliphatic heterocycles. The van der Waals surface area contributed by atoms with Gasteiger partial charge in [-0.15, -0.1) is 0 Å². The second kappa shape index (κ2) is 8.99. The monoisotopic (exact) mass is 409 g/mol. The van der Waals surface area contributed by atoms with Crippen molar-refractivity contribution < 1.29 is 29.6 Å². The molecule has 3 rings (SSSR count). The number of fused-ring (bicyclic) bond motifs is 1. The quantitative estimate of drug-likeness (QED) is 0.319. The van der Waals surface area contributed by atoms with E-state index in [4.69, 9.17) is 15.2 Å². The molecule has 0 radical (unpaired) electrons. The number of nitrogens with zero attached hydrogens (tertiary/aromatic N) is 4. The van der Waals surface area contributed by atoms with Crippen molar-refractivity contribution in [2.24, 2.45) is 0 Å². The van der Waals surface area contributed by atoms with Crippen molar-refractivity contribution in [3.8, 4) is 0 Å². The number of hydrogen-bond acceptors (Lipinski definition) is 10. The molecule has 2 aromatic rings. The summed E-state index contributed by atoms with van der Waals surface area (Å²) in [7, 11) is 0. The summed E-state index contributed by atoms with van der Waals surface area (Å²) in [4.78, 5) is 23.8. The van der Waals surface area contributed by atoms with Crippen molar-refractivity contribution in [1.82, 2.24) is 19.5 Å². The lowest BCUT2D eigenvalue weighted by molar-refractivity contribution is -0.151. The van der Waals surface area contributed by atoms with Crippen molar-refractivity contribution in [3.05, 3.63) is 12.7 Å². The third kappa shape index (κ3) is 4.04. The molecule has 29 heavy (non-hydrogen) atoms. The van der Waals surface area contributed by atoms with Crippen molar-refractivity contribution in [2.45, 2.75) is 63.1 Å². The van der Waals surface area contributed by atoms with E-state index in [0.29, 0.717) is 49.9 Å². The lowest BCUT2D eigenvalue weighted by atomic mass is 9.96. The van der Waals surface area contributed by atoms with Crippen molar-refractivity contribution in [3.63, 3.8) is 0 Å². The summed E-state index contributed by atoms with van der Waals surface area (Å²) in [6, 6.07) is 0. The first-order valence-electron chi connectivity index (χ1n) is 9.69. The first-order valence-corrected chi connectivity index (χ1v) is 9.69. The summed E-state index contributed by atoms with van der Waals surface area (Å²) in [5.41, 5.74) is 5.18. The molecule has 11 heteroatoms. The van der Waals surface area contributed by atoms with E-state index < -0.39 is 30.6 Å². The van der Waals surface area contributed by atoms with Gasteiger partial charge in [-0.3, -0.25) is 9.36 Å². The summed E-state index contributed by atoms with van der Waals surface area (Å²) >= 11 is 0. The molecule has 0 aromatic carbocycles. The lowest BCUT2D eigenvalue weighted by Gasteiger charge is -2.34. The molecule has 1 aliphatic rings. The molecule has 0 bridgehead atoms. The molecule has 0 unspecified atom stereocenters. The fraction of sp³-hybridized carbons (Fsp3) is 0.667. The number of hydrogen-bond donors (Lipinski definition) is 4. The third-order valence-electron chi connectivity index (χ3n) is 5.19. The van der Waals surface area contributed by atoms with Crippen LogP contribution in [0.25, 0.3) is 11.2 Å². The standard InChI is InChI=1S/C18H27N5O6/c1-2-28-12(25)6-4-3-5-7-18(15(27)14(26)11(8-24)29-18)23-10-22-13-16(19)20-9-21-17(13)23/h9-11,14-15,24,26-27H,2-8H2,1H3,(H2,19,20,21)/t11-,14-,15-,18-/m1/s1. The number of ether oxygens (including phenoxy) is 2. The number of esters is 1. The zero-order chi connectivity index (χ0) is 21.0. The number of unbranched alkanes of at least 4 members (excludes halogenated alkanes) is 2. The summed E-state index contributed by atoms with van der Waals surface area (Å²) in [5, 5.41) is 30.8. The van der Waals surface area contributed by atoms with Gasteiger partial charge >= 0.3 is 5.97 Å². The number of imidazole rings is 1. The number of aromatic nitrogens is 4. The zero-order valence-electron chi connectivity index (χ0n) is 16.3. The maximum absolute atomic E-state index is 11.5. The van der Waals surface area contributed by atoms with E-state index in [0.717, 1.165) is 0 Å². The normalized spacial score (nSPS) is 26.8. The van der Waals surface area contributed by atoms with Crippen LogP contribution in [0.1, 0.15) is 39.0 Å². The molecule has 1 fully saturated rings. The highest BCUT2D eigenvalue weighted by Crippen LogP contribution is 2.41. The van der Waals surface area contributed by atoms with Gasteiger partial charge in [0.2, 0.25) is 0 Å². The second-order valence-electron chi connectivity index (χ2n) is 7.03. The Morgan fingerprint density at radius 2 is 2.10 bits per heavy atom. The Morgan fingerprint density at radius 3 is 2.79 bits per heavy atom. The molecule has 3 heterocycles. The van der Waals surface area contributed by atoms with Gasteiger partial charge in [0, 0.05) is 6.42 Å². The Kier molecular flexibility index (Phi) is 6.63. The van der Waals surface area contributed by atoms with Gasteiger partial charge < -0.3 is 30.5 Å². The molecule has 160 valence electrons. The van der Waals surface area contributed by atoms with Crippen LogP contribution in [-0.2, 0) is 20.0 Å². The Bertz CT molecular complexity index is 845. The summed E-state index contributed by atoms with van der Waals surface area (Å²) in [5.74, 6) is -0.0620. The van der Waals surface area contributed by atoms with Crippen molar-refractivity contribution in [1.29, 1.82) is 0 Å². The number of carbonyl (C=O) groups excluding carboxylic acids is 1. The largest absolute Gasteiger partial charge is 0.466 e.